The number of hydrogen-bond acceptors (Lipinski definition) is 4. The lowest BCUT2D eigenvalue weighted by molar-refractivity contribution is 0.0955. The number of nitrogens with zero attached hydrogens (tertiary/aromatic N) is 2. The Labute approximate surface area is 111 Å². The fourth-order valence-corrected chi connectivity index (χ4v) is 1.47. The maximum atomic E-state index is 11.8. The number of carbonyl (C=O) groups is 1. The quantitative estimate of drug-likeness (QED) is 0.498. The number of amides is 1. The third kappa shape index (κ3) is 3.38. The van der Waals surface area contributed by atoms with Gasteiger partial charge in [0.1, 0.15) is 0 Å². The molecule has 1 heterocycles. The summed E-state index contributed by atoms with van der Waals surface area (Å²) >= 11 is 0. The zero-order valence-corrected chi connectivity index (χ0v) is 10.5. The summed E-state index contributed by atoms with van der Waals surface area (Å²) in [6, 6.07) is 12.2. The number of hydrazone groups is 1. The number of rotatable bonds is 3. The van der Waals surface area contributed by atoms with Gasteiger partial charge >= 0.3 is 0 Å². The van der Waals surface area contributed by atoms with E-state index in [0.717, 1.165) is 5.69 Å². The van der Waals surface area contributed by atoms with Crippen LogP contribution in [0.4, 0.5) is 5.69 Å². The topological polar surface area (TPSA) is 80.4 Å². The van der Waals surface area contributed by atoms with E-state index in [2.05, 4.69) is 15.5 Å². The predicted molar refractivity (Wildman–Crippen MR) is 74.8 cm³/mol. The predicted octanol–water partition coefficient (Wildman–Crippen LogP) is 1.82. The average molecular weight is 254 g/mol. The van der Waals surface area contributed by atoms with Gasteiger partial charge in [0.2, 0.25) is 0 Å². The Balaban J connectivity index is 2.06. The van der Waals surface area contributed by atoms with Crippen LogP contribution in [0.2, 0.25) is 0 Å². The second-order valence-electron chi connectivity index (χ2n) is 3.98. The van der Waals surface area contributed by atoms with Crippen LogP contribution < -0.4 is 11.2 Å². The molecule has 3 N–H and O–H groups in total. The minimum atomic E-state index is -0.282. The molecule has 0 unspecified atom stereocenters. The lowest BCUT2D eigenvalue weighted by Crippen LogP contribution is -2.19. The van der Waals surface area contributed by atoms with Gasteiger partial charge in [-0.2, -0.15) is 5.10 Å². The van der Waals surface area contributed by atoms with Gasteiger partial charge in [-0.25, -0.2) is 5.43 Å². The molecule has 1 amide bonds. The zero-order valence-electron chi connectivity index (χ0n) is 10.5. The van der Waals surface area contributed by atoms with E-state index in [4.69, 9.17) is 5.73 Å². The monoisotopic (exact) mass is 254 g/mol. The third-order valence-corrected chi connectivity index (χ3v) is 2.53. The summed E-state index contributed by atoms with van der Waals surface area (Å²) in [7, 11) is 0. The average Bonchev–Trinajstić information content (AvgIpc) is 2.46. The molecule has 19 heavy (non-hydrogen) atoms. The van der Waals surface area contributed by atoms with Crippen LogP contribution >= 0.6 is 0 Å². The molecule has 2 aromatic rings. The first kappa shape index (κ1) is 12.8. The number of nitrogens with two attached hydrogens (primary N) is 1. The van der Waals surface area contributed by atoms with Crippen LogP contribution in [0.3, 0.4) is 0 Å². The summed E-state index contributed by atoms with van der Waals surface area (Å²) in [6.45, 7) is 1.78. The molecule has 1 aromatic carbocycles. The standard InChI is InChI=1S/C14H14N4O/c1-10(13-4-2-3-9-16-13)17-18-14(19)11-5-7-12(15)8-6-11/h2-9H,15H2,1H3,(H,18,19). The molecule has 0 saturated heterocycles. The largest absolute Gasteiger partial charge is 0.399 e. The van der Waals surface area contributed by atoms with Crippen molar-refractivity contribution >= 4 is 17.3 Å². The van der Waals surface area contributed by atoms with Crippen molar-refractivity contribution in [3.05, 3.63) is 59.9 Å². The first-order valence-corrected chi connectivity index (χ1v) is 5.78. The summed E-state index contributed by atoms with van der Waals surface area (Å²) < 4.78 is 0. The van der Waals surface area contributed by atoms with Gasteiger partial charge in [0.25, 0.3) is 5.91 Å². The van der Waals surface area contributed by atoms with Gasteiger partial charge in [-0.1, -0.05) is 6.07 Å². The number of hydrogen-bond donors (Lipinski definition) is 2. The van der Waals surface area contributed by atoms with Gasteiger partial charge < -0.3 is 5.73 Å². The highest BCUT2D eigenvalue weighted by atomic mass is 16.2. The Morgan fingerprint density at radius 1 is 1.21 bits per heavy atom. The minimum Gasteiger partial charge on any atom is -0.399 e. The zero-order chi connectivity index (χ0) is 13.7. The molecule has 5 heteroatoms. The van der Waals surface area contributed by atoms with Crippen LogP contribution in [0, 0.1) is 0 Å². The summed E-state index contributed by atoms with van der Waals surface area (Å²) in [5.74, 6) is -0.282. The third-order valence-electron chi connectivity index (χ3n) is 2.53. The molecular formula is C14H14N4O. The summed E-state index contributed by atoms with van der Waals surface area (Å²) in [4.78, 5) is 16.0. The lowest BCUT2D eigenvalue weighted by Gasteiger charge is -2.02. The summed E-state index contributed by atoms with van der Waals surface area (Å²) in [6.07, 6.45) is 1.68. The van der Waals surface area contributed by atoms with Crippen molar-refractivity contribution in [2.75, 3.05) is 5.73 Å². The second kappa shape index (κ2) is 5.77. The molecule has 96 valence electrons. The fourth-order valence-electron chi connectivity index (χ4n) is 1.47. The highest BCUT2D eigenvalue weighted by Gasteiger charge is 2.04. The van der Waals surface area contributed by atoms with Gasteiger partial charge in [-0.05, 0) is 43.3 Å². The fraction of sp³-hybridized carbons (Fsp3) is 0.0714. The van der Waals surface area contributed by atoms with Crippen LogP contribution in [0.1, 0.15) is 23.0 Å². The number of aromatic nitrogens is 1. The van der Waals surface area contributed by atoms with E-state index in [1.165, 1.54) is 0 Å². The van der Waals surface area contributed by atoms with E-state index >= 15 is 0 Å². The van der Waals surface area contributed by atoms with E-state index in [1.807, 2.05) is 18.2 Å². The number of nitrogens with one attached hydrogen (secondary N) is 1. The van der Waals surface area contributed by atoms with Crippen LogP contribution in [-0.2, 0) is 0 Å². The van der Waals surface area contributed by atoms with Gasteiger partial charge in [0.15, 0.2) is 0 Å². The number of nitrogen functional groups attached to an aromatic ring is 1. The molecule has 0 spiro atoms. The first-order valence-electron chi connectivity index (χ1n) is 5.78. The first-order chi connectivity index (χ1) is 9.16. The smallest absolute Gasteiger partial charge is 0.271 e. The van der Waals surface area contributed by atoms with Crippen LogP contribution in [0.15, 0.2) is 53.8 Å². The Kier molecular flexibility index (Phi) is 3.87. The van der Waals surface area contributed by atoms with Gasteiger partial charge in [0, 0.05) is 17.4 Å². The Bertz CT molecular complexity index is 591. The van der Waals surface area contributed by atoms with Crippen molar-refractivity contribution in [2.24, 2.45) is 5.10 Å². The molecule has 0 bridgehead atoms. The van der Waals surface area contributed by atoms with Crippen molar-refractivity contribution in [1.29, 1.82) is 0 Å². The molecule has 0 fully saturated rings. The molecular weight excluding hydrogens is 240 g/mol. The number of anilines is 1. The normalized spacial score (nSPS) is 11.1. The van der Waals surface area contributed by atoms with Crippen molar-refractivity contribution in [3.8, 4) is 0 Å². The second-order valence-corrected chi connectivity index (χ2v) is 3.98. The van der Waals surface area contributed by atoms with Crippen LogP contribution in [-0.4, -0.2) is 16.6 Å². The summed E-state index contributed by atoms with van der Waals surface area (Å²) in [5, 5.41) is 4.02. The van der Waals surface area contributed by atoms with Crippen molar-refractivity contribution < 1.29 is 4.79 Å². The number of carbonyl (C=O) groups excluding carboxylic acids is 1. The molecule has 0 aliphatic heterocycles. The Morgan fingerprint density at radius 3 is 2.58 bits per heavy atom. The van der Waals surface area contributed by atoms with E-state index in [-0.39, 0.29) is 5.91 Å². The number of pyridine rings is 1. The summed E-state index contributed by atoms with van der Waals surface area (Å²) in [5.41, 5.74) is 10.5. The molecule has 0 aliphatic rings. The molecule has 1 aromatic heterocycles. The molecule has 0 atom stereocenters. The highest BCUT2D eigenvalue weighted by Crippen LogP contribution is 2.05. The lowest BCUT2D eigenvalue weighted by atomic mass is 10.2. The molecule has 0 aliphatic carbocycles. The van der Waals surface area contributed by atoms with Gasteiger partial charge in [0.05, 0.1) is 11.4 Å². The molecule has 0 saturated carbocycles. The van der Waals surface area contributed by atoms with Gasteiger partial charge in [-0.3, -0.25) is 9.78 Å². The van der Waals surface area contributed by atoms with Crippen LogP contribution in [0.5, 0.6) is 0 Å². The van der Waals surface area contributed by atoms with Crippen molar-refractivity contribution in [1.82, 2.24) is 10.4 Å². The number of benzene rings is 1. The minimum absolute atomic E-state index is 0.282. The van der Waals surface area contributed by atoms with E-state index in [0.29, 0.717) is 17.0 Å². The maximum absolute atomic E-state index is 11.8. The van der Waals surface area contributed by atoms with E-state index < -0.39 is 0 Å². The van der Waals surface area contributed by atoms with Crippen molar-refractivity contribution in [2.45, 2.75) is 6.92 Å². The van der Waals surface area contributed by atoms with E-state index in [1.54, 1.807) is 37.4 Å². The molecule has 2 rings (SSSR count). The highest BCUT2D eigenvalue weighted by molar-refractivity contribution is 5.99. The van der Waals surface area contributed by atoms with E-state index in [9.17, 15) is 4.79 Å². The van der Waals surface area contributed by atoms with Gasteiger partial charge in [-0.15, -0.1) is 0 Å². The molecule has 0 radical (unpaired) electrons. The maximum Gasteiger partial charge on any atom is 0.271 e. The SMILES string of the molecule is CC(=NNC(=O)c1ccc(N)cc1)c1ccccn1. The van der Waals surface area contributed by atoms with Crippen LogP contribution in [0.25, 0.3) is 0 Å². The van der Waals surface area contributed by atoms with Crippen molar-refractivity contribution in [3.63, 3.8) is 0 Å². The Hall–Kier alpha value is -2.69. The molecule has 5 nitrogen and oxygen atoms in total. The Morgan fingerprint density at radius 2 is 1.95 bits per heavy atom.